The first kappa shape index (κ1) is 18.2. The Morgan fingerprint density at radius 3 is 2.63 bits per heavy atom. The zero-order valence-electron chi connectivity index (χ0n) is 15.6. The minimum atomic E-state index is -0.378. The van der Waals surface area contributed by atoms with Crippen LogP contribution in [0.2, 0.25) is 0 Å². The second-order valence-corrected chi connectivity index (χ2v) is 6.16. The number of ether oxygens (including phenoxy) is 1. The third-order valence-corrected chi connectivity index (χ3v) is 4.33. The number of methoxy groups -OCH3 is 1. The number of aryl methyl sites for hydroxylation is 2. The van der Waals surface area contributed by atoms with Crippen molar-refractivity contribution in [2.24, 2.45) is 0 Å². The third-order valence-electron chi connectivity index (χ3n) is 4.33. The van der Waals surface area contributed by atoms with Gasteiger partial charge >= 0.3 is 0 Å². The van der Waals surface area contributed by atoms with Crippen LogP contribution in [0.15, 0.2) is 46.5 Å². The van der Waals surface area contributed by atoms with Crippen LogP contribution in [0, 0.1) is 32.1 Å². The molecule has 3 rings (SSSR count). The summed E-state index contributed by atoms with van der Waals surface area (Å²) in [6.45, 7) is 5.67. The molecule has 0 atom stereocenters. The number of aromatic nitrogens is 2. The molecule has 0 saturated heterocycles. The van der Waals surface area contributed by atoms with Gasteiger partial charge in [0.05, 0.1) is 12.7 Å². The van der Waals surface area contributed by atoms with E-state index in [1.165, 1.54) is 7.11 Å². The highest BCUT2D eigenvalue weighted by atomic mass is 16.5. The van der Waals surface area contributed by atoms with Gasteiger partial charge in [0, 0.05) is 17.5 Å². The van der Waals surface area contributed by atoms with Gasteiger partial charge in [-0.25, -0.2) is 0 Å². The summed E-state index contributed by atoms with van der Waals surface area (Å²) in [5.74, 6) is 1.43. The number of benzene rings is 1. The molecule has 1 aromatic carbocycles. The van der Waals surface area contributed by atoms with Gasteiger partial charge in [-0.3, -0.25) is 9.36 Å². The fraction of sp³-hybridized carbons (Fsp3) is 0.190. The predicted octanol–water partition coefficient (Wildman–Crippen LogP) is 4.19. The molecular formula is C21H19N3O3. The Bertz CT molecular complexity index is 1080. The lowest BCUT2D eigenvalue weighted by Crippen LogP contribution is -2.04. The van der Waals surface area contributed by atoms with Crippen LogP contribution in [0.5, 0.6) is 5.75 Å². The van der Waals surface area contributed by atoms with E-state index in [2.05, 4.69) is 5.16 Å². The molecule has 0 fully saturated rings. The molecule has 0 spiro atoms. The van der Waals surface area contributed by atoms with E-state index in [4.69, 9.17) is 9.26 Å². The lowest BCUT2D eigenvalue weighted by Gasteiger charge is -2.06. The van der Waals surface area contributed by atoms with Crippen molar-refractivity contribution in [3.05, 3.63) is 70.2 Å². The third kappa shape index (κ3) is 3.40. The van der Waals surface area contributed by atoms with Crippen molar-refractivity contribution in [3.63, 3.8) is 0 Å². The van der Waals surface area contributed by atoms with Gasteiger partial charge in [0.1, 0.15) is 23.2 Å². The quantitative estimate of drug-likeness (QED) is 0.387. The van der Waals surface area contributed by atoms with Crippen molar-refractivity contribution in [1.82, 2.24) is 9.72 Å². The van der Waals surface area contributed by atoms with Gasteiger partial charge in [0.15, 0.2) is 5.82 Å². The largest absolute Gasteiger partial charge is 0.496 e. The molecule has 136 valence electrons. The standard InChI is InChI=1S/C21H19N3O3/c1-13-9-16(15(3)24(13)20-10-14(2)27-23-20)11-17(12-22)21(25)18-7-5-6-8-19(18)26-4/h5-11H,1-4H3/b17-11+. The van der Waals surface area contributed by atoms with Crippen LogP contribution in [-0.4, -0.2) is 22.6 Å². The van der Waals surface area contributed by atoms with Gasteiger partial charge in [0.2, 0.25) is 5.78 Å². The molecule has 6 heteroatoms. The molecule has 0 unspecified atom stereocenters. The SMILES string of the molecule is COc1ccccc1C(=O)/C(C#N)=C/c1cc(C)n(-c2cc(C)on2)c1C. The molecular weight excluding hydrogens is 342 g/mol. The van der Waals surface area contributed by atoms with Crippen LogP contribution in [0.1, 0.15) is 33.1 Å². The Labute approximate surface area is 157 Å². The number of para-hydroxylation sites is 1. The van der Waals surface area contributed by atoms with Gasteiger partial charge in [-0.15, -0.1) is 0 Å². The van der Waals surface area contributed by atoms with Crippen LogP contribution in [0.3, 0.4) is 0 Å². The molecule has 0 radical (unpaired) electrons. The predicted molar refractivity (Wildman–Crippen MR) is 101 cm³/mol. The maximum Gasteiger partial charge on any atom is 0.207 e. The molecule has 0 bridgehead atoms. The van der Waals surface area contributed by atoms with Crippen molar-refractivity contribution in [2.45, 2.75) is 20.8 Å². The molecule has 27 heavy (non-hydrogen) atoms. The van der Waals surface area contributed by atoms with E-state index >= 15 is 0 Å². The van der Waals surface area contributed by atoms with Crippen molar-refractivity contribution >= 4 is 11.9 Å². The first-order valence-corrected chi connectivity index (χ1v) is 8.38. The van der Waals surface area contributed by atoms with Crippen LogP contribution >= 0.6 is 0 Å². The molecule has 0 aliphatic heterocycles. The van der Waals surface area contributed by atoms with Crippen molar-refractivity contribution < 1.29 is 14.1 Å². The molecule has 6 nitrogen and oxygen atoms in total. The number of Topliss-reactive ketones (excluding diaryl/α,β-unsaturated/α-hetero) is 1. The summed E-state index contributed by atoms with van der Waals surface area (Å²) in [5, 5.41) is 13.6. The van der Waals surface area contributed by atoms with Gasteiger partial charge < -0.3 is 9.26 Å². The summed E-state index contributed by atoms with van der Waals surface area (Å²) in [5.41, 5.74) is 2.95. The van der Waals surface area contributed by atoms with E-state index in [9.17, 15) is 10.1 Å². The number of allylic oxidation sites excluding steroid dienone is 1. The number of nitrogens with zero attached hydrogens (tertiary/aromatic N) is 3. The van der Waals surface area contributed by atoms with E-state index in [-0.39, 0.29) is 11.4 Å². The van der Waals surface area contributed by atoms with E-state index in [1.807, 2.05) is 43.5 Å². The number of carbonyl (C=O) groups is 1. The summed E-state index contributed by atoms with van der Waals surface area (Å²) >= 11 is 0. The molecule has 0 aliphatic carbocycles. The first-order valence-electron chi connectivity index (χ1n) is 8.38. The molecule has 0 amide bonds. The normalized spacial score (nSPS) is 11.3. The fourth-order valence-electron chi connectivity index (χ4n) is 3.03. The van der Waals surface area contributed by atoms with E-state index in [0.29, 0.717) is 22.9 Å². The number of ketones is 1. The summed E-state index contributed by atoms with van der Waals surface area (Å²) in [6.07, 6.45) is 1.60. The number of hydrogen-bond donors (Lipinski definition) is 0. The Kier molecular flexibility index (Phi) is 4.95. The number of rotatable bonds is 5. The van der Waals surface area contributed by atoms with E-state index in [1.54, 1.807) is 30.3 Å². The Morgan fingerprint density at radius 1 is 1.26 bits per heavy atom. The Hall–Kier alpha value is -3.59. The number of hydrogen-bond acceptors (Lipinski definition) is 5. The zero-order valence-corrected chi connectivity index (χ0v) is 15.6. The van der Waals surface area contributed by atoms with Gasteiger partial charge in [0.25, 0.3) is 0 Å². The van der Waals surface area contributed by atoms with Gasteiger partial charge in [-0.1, -0.05) is 17.3 Å². The second kappa shape index (κ2) is 7.34. The second-order valence-electron chi connectivity index (χ2n) is 6.16. The van der Waals surface area contributed by atoms with Crippen LogP contribution in [0.25, 0.3) is 11.9 Å². The summed E-state index contributed by atoms with van der Waals surface area (Å²) in [7, 11) is 1.50. The van der Waals surface area contributed by atoms with Crippen molar-refractivity contribution in [2.75, 3.05) is 7.11 Å². The summed E-state index contributed by atoms with van der Waals surface area (Å²) in [4.78, 5) is 12.8. The minimum Gasteiger partial charge on any atom is -0.496 e. The van der Waals surface area contributed by atoms with Crippen molar-refractivity contribution in [3.8, 4) is 17.6 Å². The van der Waals surface area contributed by atoms with E-state index < -0.39 is 0 Å². The fourth-order valence-corrected chi connectivity index (χ4v) is 3.03. The smallest absolute Gasteiger partial charge is 0.207 e. The monoisotopic (exact) mass is 361 g/mol. The molecule has 2 aromatic heterocycles. The average Bonchev–Trinajstić information content (AvgIpc) is 3.21. The highest BCUT2D eigenvalue weighted by Crippen LogP contribution is 2.25. The first-order chi connectivity index (χ1) is 13.0. The maximum atomic E-state index is 12.8. The van der Waals surface area contributed by atoms with Crippen molar-refractivity contribution in [1.29, 1.82) is 5.26 Å². The van der Waals surface area contributed by atoms with Crippen LogP contribution in [0.4, 0.5) is 0 Å². The molecule has 2 heterocycles. The minimum absolute atomic E-state index is 0.0380. The van der Waals surface area contributed by atoms with Gasteiger partial charge in [-0.05, 0) is 50.6 Å². The Morgan fingerprint density at radius 2 is 2.00 bits per heavy atom. The highest BCUT2D eigenvalue weighted by Gasteiger charge is 2.18. The molecule has 0 saturated carbocycles. The Balaban J connectivity index is 2.05. The van der Waals surface area contributed by atoms with Crippen LogP contribution in [-0.2, 0) is 0 Å². The average molecular weight is 361 g/mol. The molecule has 0 N–H and O–H groups in total. The maximum absolute atomic E-state index is 12.8. The lowest BCUT2D eigenvalue weighted by atomic mass is 10.0. The lowest BCUT2D eigenvalue weighted by molar-refractivity contribution is 0.103. The molecule has 0 aliphatic rings. The van der Waals surface area contributed by atoms with E-state index in [0.717, 1.165) is 17.0 Å². The summed E-state index contributed by atoms with van der Waals surface area (Å²) < 4.78 is 12.3. The molecule has 3 aromatic rings. The topological polar surface area (TPSA) is 81.0 Å². The van der Waals surface area contributed by atoms with Gasteiger partial charge in [-0.2, -0.15) is 5.26 Å². The zero-order chi connectivity index (χ0) is 19.6. The van der Waals surface area contributed by atoms with Crippen LogP contribution < -0.4 is 4.74 Å². The highest BCUT2D eigenvalue weighted by molar-refractivity contribution is 6.15. The number of nitriles is 1. The summed E-state index contributed by atoms with van der Waals surface area (Å²) in [6, 6.07) is 12.6. The number of carbonyl (C=O) groups excluding carboxylic acids is 1.